The normalized spacial score (nSPS) is 11.4. The van der Waals surface area contributed by atoms with Gasteiger partial charge in [0.15, 0.2) is 0 Å². The van der Waals surface area contributed by atoms with E-state index in [4.69, 9.17) is 4.74 Å². The fraction of sp³-hybridized carbons (Fsp3) is 0.0385. The minimum atomic E-state index is -0.359. The number of benzene rings is 2. The minimum absolute atomic E-state index is 0.0731. The standard InChI is InChI=1S/C26H18FN5O2/c1-34-18-7-14(5-16(27)8-18)19-3-2-4-22-20(19)9-24(30-22)26-21-10-23(29-13-25(21)31-32-26)15-6-17(33)12-28-11-15/h2-13,30,33H,1H3,(H,31,32). The highest BCUT2D eigenvalue weighted by Crippen LogP contribution is 2.36. The van der Waals surface area contributed by atoms with Crippen LogP contribution in [0.25, 0.3) is 55.6 Å². The molecule has 3 N–H and O–H groups in total. The van der Waals surface area contributed by atoms with Crippen LogP contribution in [0.3, 0.4) is 0 Å². The molecule has 0 aliphatic heterocycles. The van der Waals surface area contributed by atoms with Gasteiger partial charge in [0.2, 0.25) is 0 Å². The summed E-state index contributed by atoms with van der Waals surface area (Å²) in [6, 6.07) is 16.0. The summed E-state index contributed by atoms with van der Waals surface area (Å²) in [6.07, 6.45) is 4.73. The van der Waals surface area contributed by atoms with Gasteiger partial charge < -0.3 is 14.8 Å². The van der Waals surface area contributed by atoms with Gasteiger partial charge in [0.1, 0.15) is 23.0 Å². The van der Waals surface area contributed by atoms with Crippen LogP contribution in [0.4, 0.5) is 4.39 Å². The Labute approximate surface area is 192 Å². The number of fused-ring (bicyclic) bond motifs is 2. The first-order chi connectivity index (χ1) is 16.6. The molecule has 8 heteroatoms. The highest BCUT2D eigenvalue weighted by atomic mass is 19.1. The molecule has 6 aromatic rings. The number of aromatic hydroxyl groups is 1. The molecule has 0 spiro atoms. The third kappa shape index (κ3) is 3.32. The van der Waals surface area contributed by atoms with E-state index in [1.54, 1.807) is 18.5 Å². The van der Waals surface area contributed by atoms with Crippen LogP contribution in [0.15, 0.2) is 73.2 Å². The lowest BCUT2D eigenvalue weighted by molar-refractivity contribution is 0.411. The molecule has 0 aliphatic carbocycles. The Morgan fingerprint density at radius 2 is 1.82 bits per heavy atom. The Morgan fingerprint density at radius 3 is 2.68 bits per heavy atom. The van der Waals surface area contributed by atoms with Gasteiger partial charge in [-0.1, -0.05) is 12.1 Å². The summed E-state index contributed by atoms with van der Waals surface area (Å²) in [5.41, 5.74) is 6.19. The van der Waals surface area contributed by atoms with Crippen molar-refractivity contribution in [2.24, 2.45) is 0 Å². The molecule has 2 aromatic carbocycles. The van der Waals surface area contributed by atoms with Crippen molar-refractivity contribution in [1.29, 1.82) is 0 Å². The zero-order chi connectivity index (χ0) is 23.2. The third-order valence-corrected chi connectivity index (χ3v) is 5.80. The highest BCUT2D eigenvalue weighted by molar-refractivity contribution is 6.01. The van der Waals surface area contributed by atoms with Gasteiger partial charge >= 0.3 is 0 Å². The Bertz CT molecular complexity index is 1690. The topological polar surface area (TPSA) is 99.7 Å². The van der Waals surface area contributed by atoms with Crippen molar-refractivity contribution in [2.45, 2.75) is 0 Å². The van der Waals surface area contributed by atoms with Crippen molar-refractivity contribution >= 4 is 21.8 Å². The maximum atomic E-state index is 14.2. The monoisotopic (exact) mass is 451 g/mol. The molecule has 0 atom stereocenters. The Morgan fingerprint density at radius 1 is 0.912 bits per heavy atom. The summed E-state index contributed by atoms with van der Waals surface area (Å²) in [7, 11) is 1.52. The maximum absolute atomic E-state index is 14.2. The summed E-state index contributed by atoms with van der Waals surface area (Å²) in [4.78, 5) is 11.9. The molecule has 4 aromatic heterocycles. The van der Waals surface area contributed by atoms with E-state index in [0.29, 0.717) is 17.0 Å². The number of rotatable bonds is 4. The van der Waals surface area contributed by atoms with E-state index in [2.05, 4.69) is 25.1 Å². The summed E-state index contributed by atoms with van der Waals surface area (Å²) in [5.74, 6) is 0.174. The second-order valence-corrected chi connectivity index (χ2v) is 7.95. The van der Waals surface area contributed by atoms with Gasteiger partial charge in [-0.15, -0.1) is 0 Å². The molecule has 0 unspecified atom stereocenters. The molecule has 0 saturated heterocycles. The molecule has 4 heterocycles. The average Bonchev–Trinajstić information content (AvgIpc) is 3.47. The average molecular weight is 451 g/mol. The van der Waals surface area contributed by atoms with Gasteiger partial charge in [0, 0.05) is 34.1 Å². The number of hydrogen-bond donors (Lipinski definition) is 3. The van der Waals surface area contributed by atoms with Crippen LogP contribution in [0.2, 0.25) is 0 Å². The van der Waals surface area contributed by atoms with Crippen LogP contribution in [0, 0.1) is 5.82 Å². The van der Waals surface area contributed by atoms with Crippen molar-refractivity contribution in [3.63, 3.8) is 0 Å². The lowest BCUT2D eigenvalue weighted by Gasteiger charge is -2.07. The van der Waals surface area contributed by atoms with Gasteiger partial charge in [-0.25, -0.2) is 4.39 Å². The molecule has 0 bridgehead atoms. The Kier molecular flexibility index (Phi) is 4.51. The molecule has 0 saturated carbocycles. The molecule has 0 fully saturated rings. The number of halogens is 1. The fourth-order valence-corrected chi connectivity index (χ4v) is 4.22. The first-order valence-electron chi connectivity index (χ1n) is 10.5. The van der Waals surface area contributed by atoms with Crippen molar-refractivity contribution < 1.29 is 14.2 Å². The third-order valence-electron chi connectivity index (χ3n) is 5.80. The van der Waals surface area contributed by atoms with E-state index in [1.165, 1.54) is 25.4 Å². The van der Waals surface area contributed by atoms with E-state index >= 15 is 0 Å². The first kappa shape index (κ1) is 19.9. The van der Waals surface area contributed by atoms with Crippen molar-refractivity contribution in [2.75, 3.05) is 7.11 Å². The van der Waals surface area contributed by atoms with Crippen molar-refractivity contribution in [3.8, 4) is 45.3 Å². The quantitative estimate of drug-likeness (QED) is 0.320. The van der Waals surface area contributed by atoms with E-state index in [-0.39, 0.29) is 11.6 Å². The zero-order valence-corrected chi connectivity index (χ0v) is 18.0. The number of aromatic amines is 2. The highest BCUT2D eigenvalue weighted by Gasteiger charge is 2.15. The smallest absolute Gasteiger partial charge is 0.134 e. The Hall–Kier alpha value is -4.72. The largest absolute Gasteiger partial charge is 0.506 e. The molecule has 0 radical (unpaired) electrons. The molecule has 6 rings (SSSR count). The molecular formula is C26H18FN5O2. The van der Waals surface area contributed by atoms with E-state index < -0.39 is 0 Å². The predicted molar refractivity (Wildman–Crippen MR) is 128 cm³/mol. The molecule has 166 valence electrons. The van der Waals surface area contributed by atoms with Crippen LogP contribution >= 0.6 is 0 Å². The Balaban J connectivity index is 1.50. The van der Waals surface area contributed by atoms with Crippen molar-refractivity contribution in [1.82, 2.24) is 25.1 Å². The van der Waals surface area contributed by atoms with Gasteiger partial charge in [-0.05, 0) is 47.5 Å². The summed E-state index contributed by atoms with van der Waals surface area (Å²) in [5, 5.41) is 19.1. The van der Waals surface area contributed by atoms with Gasteiger partial charge in [0.05, 0.1) is 36.4 Å². The van der Waals surface area contributed by atoms with E-state index in [0.717, 1.165) is 44.3 Å². The summed E-state index contributed by atoms with van der Waals surface area (Å²) < 4.78 is 19.4. The zero-order valence-electron chi connectivity index (χ0n) is 18.0. The second kappa shape index (κ2) is 7.70. The van der Waals surface area contributed by atoms with Gasteiger partial charge in [0.25, 0.3) is 0 Å². The van der Waals surface area contributed by atoms with Gasteiger partial charge in [-0.2, -0.15) is 5.10 Å². The lowest BCUT2D eigenvalue weighted by Crippen LogP contribution is -1.87. The van der Waals surface area contributed by atoms with Crippen LogP contribution in [0.1, 0.15) is 0 Å². The number of H-pyrrole nitrogens is 2. The van der Waals surface area contributed by atoms with E-state index in [9.17, 15) is 9.50 Å². The number of aromatic nitrogens is 5. The molecule has 34 heavy (non-hydrogen) atoms. The molecular weight excluding hydrogens is 433 g/mol. The van der Waals surface area contributed by atoms with Crippen LogP contribution in [0.5, 0.6) is 11.5 Å². The van der Waals surface area contributed by atoms with Crippen LogP contribution in [-0.2, 0) is 0 Å². The number of nitrogens with zero attached hydrogens (tertiary/aromatic N) is 3. The lowest BCUT2D eigenvalue weighted by atomic mass is 10.0. The van der Waals surface area contributed by atoms with Crippen LogP contribution in [-0.4, -0.2) is 37.4 Å². The van der Waals surface area contributed by atoms with E-state index in [1.807, 2.05) is 36.4 Å². The summed E-state index contributed by atoms with van der Waals surface area (Å²) >= 11 is 0. The number of hydrogen-bond acceptors (Lipinski definition) is 5. The van der Waals surface area contributed by atoms with Gasteiger partial charge in [-0.3, -0.25) is 15.1 Å². The molecule has 0 aliphatic rings. The number of nitrogens with one attached hydrogen (secondary N) is 2. The molecule has 0 amide bonds. The maximum Gasteiger partial charge on any atom is 0.134 e. The second-order valence-electron chi connectivity index (χ2n) is 7.95. The summed E-state index contributed by atoms with van der Waals surface area (Å²) in [6.45, 7) is 0. The van der Waals surface area contributed by atoms with Crippen molar-refractivity contribution in [3.05, 3.63) is 79.0 Å². The van der Waals surface area contributed by atoms with Crippen LogP contribution < -0.4 is 4.74 Å². The number of methoxy groups -OCH3 is 1. The first-order valence-corrected chi connectivity index (χ1v) is 10.5. The fourth-order valence-electron chi connectivity index (χ4n) is 4.22. The predicted octanol–water partition coefficient (Wildman–Crippen LogP) is 5.69. The number of pyridine rings is 2. The SMILES string of the molecule is COc1cc(F)cc(-c2cccc3[nH]c(-c4n[nH]c5cnc(-c6cncc(O)c6)cc45)cc23)c1. The molecule has 7 nitrogen and oxygen atoms in total. The number of ether oxygens (including phenoxy) is 1. The minimum Gasteiger partial charge on any atom is -0.506 e.